The monoisotopic (exact) mass is 162 g/mol. The second-order valence-electron chi connectivity index (χ2n) is 2.32. The lowest BCUT2D eigenvalue weighted by Crippen LogP contribution is -1.86. The van der Waals surface area contributed by atoms with Crippen molar-refractivity contribution in [1.29, 1.82) is 0 Å². The van der Waals surface area contributed by atoms with Gasteiger partial charge in [0.1, 0.15) is 6.26 Å². The van der Waals surface area contributed by atoms with Crippen molar-refractivity contribution in [2.24, 2.45) is 0 Å². The number of nitro benzene ring substituents is 1. The Kier molecular flexibility index (Phi) is 1.33. The van der Waals surface area contributed by atoms with E-state index in [1.165, 1.54) is 24.7 Å². The van der Waals surface area contributed by atoms with E-state index in [0.29, 0.717) is 10.8 Å². The van der Waals surface area contributed by atoms with Crippen molar-refractivity contribution < 1.29 is 9.34 Å². The van der Waals surface area contributed by atoms with Gasteiger partial charge in [-0.2, -0.15) is 0 Å². The number of nitrogens with zero attached hydrogens (tertiary/aromatic N) is 1. The van der Waals surface area contributed by atoms with Gasteiger partial charge in [0.25, 0.3) is 5.69 Å². The van der Waals surface area contributed by atoms with Gasteiger partial charge in [0, 0.05) is 11.5 Å². The van der Waals surface area contributed by atoms with Gasteiger partial charge in [-0.15, -0.1) is 0 Å². The van der Waals surface area contributed by atoms with Crippen molar-refractivity contribution in [1.82, 2.24) is 0 Å². The highest BCUT2D eigenvalue weighted by atomic mass is 16.6. The van der Waals surface area contributed by atoms with E-state index in [1.54, 1.807) is 0 Å². The molecule has 0 atom stereocenters. The minimum Gasteiger partial charge on any atom is -0.471 e. The molecule has 59 valence electrons. The van der Waals surface area contributed by atoms with Crippen molar-refractivity contribution in [3.05, 3.63) is 40.8 Å². The fourth-order valence-electron chi connectivity index (χ4n) is 1.07. The summed E-state index contributed by atoms with van der Waals surface area (Å²) in [6, 6.07) is 5.74. The molecule has 0 aliphatic rings. The molecule has 0 aliphatic carbocycles. The van der Waals surface area contributed by atoms with Gasteiger partial charge < -0.3 is 4.42 Å². The van der Waals surface area contributed by atoms with Crippen LogP contribution in [-0.4, -0.2) is 4.92 Å². The summed E-state index contributed by atoms with van der Waals surface area (Å²) in [4.78, 5) is 10.0. The van der Waals surface area contributed by atoms with Crippen molar-refractivity contribution in [2.75, 3.05) is 0 Å². The normalized spacial score (nSPS) is 10.3. The van der Waals surface area contributed by atoms with Crippen LogP contribution in [0.4, 0.5) is 5.69 Å². The Morgan fingerprint density at radius 3 is 3.08 bits per heavy atom. The van der Waals surface area contributed by atoms with Gasteiger partial charge in [-0.1, -0.05) is 0 Å². The topological polar surface area (TPSA) is 56.3 Å². The molecule has 0 bridgehead atoms. The minimum absolute atomic E-state index is 0.0532. The van der Waals surface area contributed by atoms with Crippen LogP contribution in [0.3, 0.4) is 0 Å². The third kappa shape index (κ3) is 0.852. The van der Waals surface area contributed by atoms with E-state index in [1.807, 2.05) is 0 Å². The Morgan fingerprint density at radius 2 is 2.33 bits per heavy atom. The predicted octanol–water partition coefficient (Wildman–Crippen LogP) is 2.14. The van der Waals surface area contributed by atoms with Gasteiger partial charge in [-0.05, 0) is 12.1 Å². The summed E-state index contributed by atoms with van der Waals surface area (Å²) in [5.74, 6) is 0. The molecular formula is C8H4NO3. The molecule has 0 spiro atoms. The molecule has 0 amide bonds. The Labute approximate surface area is 67.6 Å². The molecule has 4 nitrogen and oxygen atoms in total. The summed E-state index contributed by atoms with van der Waals surface area (Å²) in [7, 11) is 0. The maximum atomic E-state index is 10.5. The summed E-state index contributed by atoms with van der Waals surface area (Å²) in [6.07, 6.45) is 2.78. The molecule has 1 aromatic heterocycles. The Morgan fingerprint density at radius 1 is 1.50 bits per heavy atom. The van der Waals surface area contributed by atoms with Crippen LogP contribution in [-0.2, 0) is 0 Å². The van der Waals surface area contributed by atoms with Gasteiger partial charge in [0.15, 0.2) is 0 Å². The van der Waals surface area contributed by atoms with Gasteiger partial charge >= 0.3 is 0 Å². The molecule has 1 aromatic carbocycles. The third-order valence-electron chi connectivity index (χ3n) is 1.61. The Bertz CT molecular complexity index is 433. The molecule has 1 heterocycles. The molecule has 1 radical (unpaired) electrons. The lowest BCUT2D eigenvalue weighted by Gasteiger charge is -1.89. The van der Waals surface area contributed by atoms with Gasteiger partial charge in [-0.25, -0.2) is 0 Å². The summed E-state index contributed by atoms with van der Waals surface area (Å²) in [6.45, 7) is 0. The molecular weight excluding hydrogens is 158 g/mol. The number of nitro groups is 1. The van der Waals surface area contributed by atoms with E-state index in [-0.39, 0.29) is 5.69 Å². The van der Waals surface area contributed by atoms with E-state index in [9.17, 15) is 10.1 Å². The van der Waals surface area contributed by atoms with Crippen LogP contribution in [0.15, 0.2) is 29.1 Å². The maximum Gasteiger partial charge on any atom is 0.280 e. The second kappa shape index (κ2) is 2.34. The summed E-state index contributed by atoms with van der Waals surface area (Å²) >= 11 is 0. The molecule has 12 heavy (non-hydrogen) atoms. The van der Waals surface area contributed by atoms with E-state index in [4.69, 9.17) is 4.42 Å². The summed E-state index contributed by atoms with van der Waals surface area (Å²) in [5, 5.41) is 11.6. The number of furan rings is 1. The molecule has 0 saturated carbocycles. The molecule has 0 fully saturated rings. The minimum atomic E-state index is -0.439. The first-order chi connectivity index (χ1) is 5.79. The first-order valence-corrected chi connectivity index (χ1v) is 3.30. The highest BCUT2D eigenvalue weighted by Gasteiger charge is 2.11. The van der Waals surface area contributed by atoms with Crippen LogP contribution in [0.2, 0.25) is 0 Å². The van der Waals surface area contributed by atoms with Crippen LogP contribution in [0.25, 0.3) is 10.8 Å². The summed E-state index contributed by atoms with van der Waals surface area (Å²) in [5.41, 5.74) is 0.0532. The zero-order valence-electron chi connectivity index (χ0n) is 5.98. The van der Waals surface area contributed by atoms with Crippen molar-refractivity contribution >= 4 is 16.5 Å². The Balaban J connectivity index is 2.82. The number of rotatable bonds is 1. The number of non-ortho nitro benzene ring substituents is 1. The van der Waals surface area contributed by atoms with Crippen molar-refractivity contribution in [3.63, 3.8) is 0 Å². The standard InChI is InChI=1S/C8H4NO3/c10-9(11)8-3-1-2-6-4-12-5-7(6)8/h1,3-5H. The molecule has 4 heteroatoms. The zero-order valence-corrected chi connectivity index (χ0v) is 5.98. The van der Waals surface area contributed by atoms with Crippen molar-refractivity contribution in [2.45, 2.75) is 0 Å². The predicted molar refractivity (Wildman–Crippen MR) is 41.7 cm³/mol. The van der Waals surface area contributed by atoms with E-state index in [2.05, 4.69) is 6.07 Å². The van der Waals surface area contributed by atoms with Gasteiger partial charge in [-0.3, -0.25) is 10.1 Å². The lowest BCUT2D eigenvalue weighted by molar-refractivity contribution is -0.383. The maximum absolute atomic E-state index is 10.5. The second-order valence-corrected chi connectivity index (χ2v) is 2.32. The largest absolute Gasteiger partial charge is 0.471 e. The van der Waals surface area contributed by atoms with Crippen LogP contribution >= 0.6 is 0 Å². The first-order valence-electron chi connectivity index (χ1n) is 3.30. The third-order valence-corrected chi connectivity index (χ3v) is 1.61. The van der Waals surface area contributed by atoms with Crippen molar-refractivity contribution in [3.8, 4) is 0 Å². The quantitative estimate of drug-likeness (QED) is 0.476. The molecule has 2 aromatic rings. The van der Waals surface area contributed by atoms with E-state index >= 15 is 0 Å². The number of fused-ring (bicyclic) bond motifs is 1. The molecule has 2 rings (SSSR count). The van der Waals surface area contributed by atoms with Gasteiger partial charge in [0.2, 0.25) is 0 Å². The first kappa shape index (κ1) is 6.84. The lowest BCUT2D eigenvalue weighted by atomic mass is 10.2. The highest BCUT2D eigenvalue weighted by molar-refractivity contribution is 5.89. The van der Waals surface area contributed by atoms with E-state index in [0.717, 1.165) is 0 Å². The zero-order chi connectivity index (χ0) is 8.55. The number of hydrogen-bond donors (Lipinski definition) is 0. The van der Waals surface area contributed by atoms with E-state index < -0.39 is 4.92 Å². The smallest absolute Gasteiger partial charge is 0.280 e. The SMILES string of the molecule is O=[N+]([O-])c1cc[c]c2cocc12. The molecule has 0 aliphatic heterocycles. The fraction of sp³-hybridized carbons (Fsp3) is 0. The average molecular weight is 162 g/mol. The van der Waals surface area contributed by atoms with Gasteiger partial charge in [0.05, 0.1) is 16.6 Å². The van der Waals surface area contributed by atoms with Crippen LogP contribution in [0, 0.1) is 16.2 Å². The Hall–Kier alpha value is -1.84. The highest BCUT2D eigenvalue weighted by Crippen LogP contribution is 2.25. The molecule has 0 saturated heterocycles. The number of benzene rings is 1. The van der Waals surface area contributed by atoms with Crippen LogP contribution < -0.4 is 0 Å². The molecule has 0 unspecified atom stereocenters. The molecule has 0 N–H and O–H groups in total. The average Bonchev–Trinajstić information content (AvgIpc) is 2.49. The van der Waals surface area contributed by atoms with Crippen LogP contribution in [0.1, 0.15) is 0 Å². The fourth-order valence-corrected chi connectivity index (χ4v) is 1.07. The number of hydrogen-bond acceptors (Lipinski definition) is 3. The summed E-state index contributed by atoms with van der Waals surface area (Å²) < 4.78 is 4.82. The van der Waals surface area contributed by atoms with Crippen LogP contribution in [0.5, 0.6) is 0 Å².